The van der Waals surface area contributed by atoms with E-state index in [0.29, 0.717) is 0 Å². The zero-order valence-corrected chi connectivity index (χ0v) is 8.72. The van der Waals surface area contributed by atoms with Gasteiger partial charge in [-0.3, -0.25) is 4.79 Å². The van der Waals surface area contributed by atoms with Gasteiger partial charge in [0.05, 0.1) is 5.69 Å². The first-order valence-corrected chi connectivity index (χ1v) is 4.44. The van der Waals surface area contributed by atoms with Gasteiger partial charge in [-0.05, 0) is 12.1 Å². The van der Waals surface area contributed by atoms with Gasteiger partial charge in [0, 0.05) is 0 Å². The van der Waals surface area contributed by atoms with Crippen molar-refractivity contribution in [2.75, 3.05) is 0 Å². The molecule has 7 nitrogen and oxygen atoms in total. The molecule has 1 amide bonds. The summed E-state index contributed by atoms with van der Waals surface area (Å²) in [6.45, 7) is 0. The predicted octanol–water partition coefficient (Wildman–Crippen LogP) is -0.856. The van der Waals surface area contributed by atoms with Gasteiger partial charge in [0.25, 0.3) is 5.91 Å². The van der Waals surface area contributed by atoms with E-state index in [-0.39, 0.29) is 23.2 Å². The highest BCUT2D eigenvalue weighted by molar-refractivity contribution is 6.00. The first-order chi connectivity index (χ1) is 7.91. The second kappa shape index (κ2) is 4.92. The van der Waals surface area contributed by atoms with E-state index < -0.39 is 11.7 Å². The number of aliphatic imine (C=N–C) groups is 2. The molecule has 0 saturated carbocycles. The van der Waals surface area contributed by atoms with Gasteiger partial charge in [0.1, 0.15) is 11.4 Å². The van der Waals surface area contributed by atoms with Crippen LogP contribution in [0.25, 0.3) is 0 Å². The third-order valence-electron chi connectivity index (χ3n) is 1.72. The Morgan fingerprint density at radius 2 is 1.82 bits per heavy atom. The zero-order valence-electron chi connectivity index (χ0n) is 8.72. The molecule has 0 aliphatic carbocycles. The van der Waals surface area contributed by atoms with E-state index in [1.54, 1.807) is 0 Å². The van der Waals surface area contributed by atoms with Gasteiger partial charge in [-0.15, -0.1) is 0 Å². The fraction of sp³-hybridized carbons (Fsp3) is 0. The number of primary amides is 1. The van der Waals surface area contributed by atoms with Crippen LogP contribution in [0, 0.1) is 5.82 Å². The smallest absolute Gasteiger partial charge is 0.253 e. The van der Waals surface area contributed by atoms with Crippen LogP contribution in [0.15, 0.2) is 28.2 Å². The number of hydrogen-bond donors (Lipinski definition) is 4. The molecule has 90 valence electrons. The lowest BCUT2D eigenvalue weighted by Crippen LogP contribution is -2.26. The number of benzene rings is 1. The van der Waals surface area contributed by atoms with Crippen LogP contribution in [0.2, 0.25) is 0 Å². The van der Waals surface area contributed by atoms with Crippen LogP contribution in [0.3, 0.4) is 0 Å². The molecule has 0 aromatic heterocycles. The largest absolute Gasteiger partial charge is 0.370 e. The summed E-state index contributed by atoms with van der Waals surface area (Å²) in [6.07, 6.45) is 0. The van der Waals surface area contributed by atoms with Crippen molar-refractivity contribution in [1.29, 1.82) is 0 Å². The second-order valence-corrected chi connectivity index (χ2v) is 3.00. The quantitative estimate of drug-likeness (QED) is 0.392. The van der Waals surface area contributed by atoms with Crippen LogP contribution in [0.5, 0.6) is 0 Å². The fourth-order valence-corrected chi connectivity index (χ4v) is 1.13. The highest BCUT2D eigenvalue weighted by Gasteiger charge is 2.13. The Morgan fingerprint density at radius 3 is 2.35 bits per heavy atom. The summed E-state index contributed by atoms with van der Waals surface area (Å²) < 4.78 is 13.3. The van der Waals surface area contributed by atoms with Crippen LogP contribution in [0.4, 0.5) is 10.1 Å². The number of halogens is 1. The number of hydrogen-bond acceptors (Lipinski definition) is 2. The third-order valence-corrected chi connectivity index (χ3v) is 1.72. The molecule has 0 aliphatic heterocycles. The maximum absolute atomic E-state index is 13.3. The van der Waals surface area contributed by atoms with E-state index >= 15 is 0 Å². The van der Waals surface area contributed by atoms with Crippen LogP contribution < -0.4 is 22.9 Å². The van der Waals surface area contributed by atoms with Gasteiger partial charge in [-0.1, -0.05) is 6.07 Å². The summed E-state index contributed by atoms with van der Waals surface area (Å²) in [5.74, 6) is -2.36. The van der Waals surface area contributed by atoms with Gasteiger partial charge in [0.2, 0.25) is 5.96 Å². The summed E-state index contributed by atoms with van der Waals surface area (Å²) in [6, 6.07) is 3.79. The van der Waals surface area contributed by atoms with Gasteiger partial charge < -0.3 is 22.9 Å². The van der Waals surface area contributed by atoms with Crippen molar-refractivity contribution >= 4 is 23.5 Å². The van der Waals surface area contributed by atoms with Crippen molar-refractivity contribution in [2.45, 2.75) is 0 Å². The Morgan fingerprint density at radius 1 is 1.18 bits per heavy atom. The number of nitrogens with two attached hydrogens (primary N) is 4. The normalized spacial score (nSPS) is 11.0. The van der Waals surface area contributed by atoms with Gasteiger partial charge in [0.15, 0.2) is 5.96 Å². The van der Waals surface area contributed by atoms with Gasteiger partial charge in [-0.25, -0.2) is 9.38 Å². The molecule has 17 heavy (non-hydrogen) atoms. The first kappa shape index (κ1) is 12.4. The molecule has 8 heteroatoms. The van der Waals surface area contributed by atoms with Crippen LogP contribution >= 0.6 is 0 Å². The highest BCUT2D eigenvalue weighted by atomic mass is 19.1. The van der Waals surface area contributed by atoms with Crippen molar-refractivity contribution in [1.82, 2.24) is 0 Å². The van der Waals surface area contributed by atoms with E-state index in [0.717, 1.165) is 6.07 Å². The zero-order chi connectivity index (χ0) is 13.0. The Kier molecular flexibility index (Phi) is 3.60. The molecule has 0 radical (unpaired) electrons. The van der Waals surface area contributed by atoms with E-state index in [1.165, 1.54) is 12.1 Å². The number of carbonyl (C=O) groups excluding carboxylic acids is 1. The second-order valence-electron chi connectivity index (χ2n) is 3.00. The molecular weight excluding hydrogens is 227 g/mol. The van der Waals surface area contributed by atoms with Gasteiger partial charge in [-0.2, -0.15) is 4.99 Å². The first-order valence-electron chi connectivity index (χ1n) is 4.44. The standard InChI is InChI=1S/C9H11FN6O/c10-4-2-1-3-5(6(4)7(11)17)15-9(14)16-8(12)13/h1-3H,(H2,11,17)(H6,12,13,14,15,16). The number of rotatable bonds is 2. The van der Waals surface area contributed by atoms with Crippen LogP contribution in [-0.2, 0) is 0 Å². The fourth-order valence-electron chi connectivity index (χ4n) is 1.13. The average Bonchev–Trinajstić information content (AvgIpc) is 2.15. The maximum Gasteiger partial charge on any atom is 0.253 e. The molecule has 0 bridgehead atoms. The number of nitrogens with zero attached hydrogens (tertiary/aromatic N) is 2. The Labute approximate surface area is 96.0 Å². The number of carbonyl (C=O) groups is 1. The van der Waals surface area contributed by atoms with E-state index in [1.807, 2.05) is 0 Å². The molecule has 1 aromatic carbocycles. The molecule has 0 heterocycles. The number of amides is 1. The lowest BCUT2D eigenvalue weighted by molar-refractivity contribution is 0.0997. The molecule has 0 unspecified atom stereocenters. The molecule has 0 aliphatic rings. The van der Waals surface area contributed by atoms with Crippen molar-refractivity contribution in [3.8, 4) is 0 Å². The topological polar surface area (TPSA) is 146 Å². The third kappa shape index (κ3) is 3.16. The summed E-state index contributed by atoms with van der Waals surface area (Å²) in [4.78, 5) is 18.1. The monoisotopic (exact) mass is 238 g/mol. The molecule has 8 N–H and O–H groups in total. The van der Waals surface area contributed by atoms with E-state index in [2.05, 4.69) is 9.98 Å². The lowest BCUT2D eigenvalue weighted by atomic mass is 10.1. The van der Waals surface area contributed by atoms with Crippen LogP contribution in [-0.4, -0.2) is 17.8 Å². The van der Waals surface area contributed by atoms with Crippen molar-refractivity contribution in [3.63, 3.8) is 0 Å². The predicted molar refractivity (Wildman–Crippen MR) is 62.0 cm³/mol. The minimum absolute atomic E-state index is 0.0417. The Bertz CT molecular complexity index is 506. The lowest BCUT2D eigenvalue weighted by Gasteiger charge is -2.03. The summed E-state index contributed by atoms with van der Waals surface area (Å²) in [5, 5.41) is 0. The van der Waals surface area contributed by atoms with Crippen molar-refractivity contribution in [2.24, 2.45) is 32.9 Å². The summed E-state index contributed by atoms with van der Waals surface area (Å²) in [5.41, 5.74) is 20.1. The highest BCUT2D eigenvalue weighted by Crippen LogP contribution is 2.21. The minimum Gasteiger partial charge on any atom is -0.370 e. The Hall–Kier alpha value is -2.64. The molecular formula is C9H11FN6O. The Balaban J connectivity index is 3.28. The van der Waals surface area contributed by atoms with Crippen molar-refractivity contribution in [3.05, 3.63) is 29.6 Å². The SMILES string of the molecule is NC(=O)c1c(F)cccc1N=C(N)N=C(N)N. The molecule has 0 fully saturated rings. The molecule has 1 aromatic rings. The van der Waals surface area contributed by atoms with Crippen LogP contribution in [0.1, 0.15) is 10.4 Å². The molecule has 0 saturated heterocycles. The summed E-state index contributed by atoms with van der Waals surface area (Å²) in [7, 11) is 0. The summed E-state index contributed by atoms with van der Waals surface area (Å²) >= 11 is 0. The van der Waals surface area contributed by atoms with Crippen molar-refractivity contribution < 1.29 is 9.18 Å². The molecule has 0 atom stereocenters. The van der Waals surface area contributed by atoms with Gasteiger partial charge >= 0.3 is 0 Å². The van der Waals surface area contributed by atoms with E-state index in [9.17, 15) is 9.18 Å². The molecule has 1 rings (SSSR count). The minimum atomic E-state index is -0.959. The van der Waals surface area contributed by atoms with E-state index in [4.69, 9.17) is 22.9 Å². The molecule has 0 spiro atoms. The number of guanidine groups is 2. The maximum atomic E-state index is 13.3. The average molecular weight is 238 g/mol.